The molecule has 0 amide bonds. The third-order valence-electron chi connectivity index (χ3n) is 5.80. The number of pyridine rings is 2. The van der Waals surface area contributed by atoms with Crippen LogP contribution in [-0.2, 0) is 18.3 Å². The maximum absolute atomic E-state index is 5.07. The highest BCUT2D eigenvalue weighted by molar-refractivity contribution is 6.01. The molecule has 122 valence electrons. The van der Waals surface area contributed by atoms with Gasteiger partial charge < -0.3 is 5.32 Å². The zero-order valence-corrected chi connectivity index (χ0v) is 14.1. The zero-order valence-electron chi connectivity index (χ0n) is 14.1. The quantitative estimate of drug-likeness (QED) is 0.914. The molecule has 0 spiro atoms. The highest BCUT2D eigenvalue weighted by atomic mass is 14.9. The molecule has 4 heterocycles. The lowest BCUT2D eigenvalue weighted by molar-refractivity contribution is 0.329. The summed E-state index contributed by atoms with van der Waals surface area (Å²) < 4.78 is 0. The number of anilines is 1. The summed E-state index contributed by atoms with van der Waals surface area (Å²) in [4.78, 5) is 14.7. The Kier molecular flexibility index (Phi) is 3.02. The molecule has 0 saturated heterocycles. The molecule has 1 N–H and O–H groups in total. The molecule has 1 saturated carbocycles. The second-order valence-electron chi connectivity index (χ2n) is 7.37. The molecule has 24 heavy (non-hydrogen) atoms. The lowest BCUT2D eigenvalue weighted by Crippen LogP contribution is -2.43. The Morgan fingerprint density at radius 3 is 2.88 bits per heavy atom. The topological polar surface area (TPSA) is 50.2 Å². The Balaban J connectivity index is 1.55. The molecular weight excluding hydrogens is 296 g/mol. The van der Waals surface area contributed by atoms with Crippen molar-refractivity contribution in [1.82, 2.24) is 9.97 Å². The van der Waals surface area contributed by atoms with Gasteiger partial charge in [-0.05, 0) is 56.4 Å². The smallest absolute Gasteiger partial charge is 0.0851 e. The first-order chi connectivity index (χ1) is 11.7. The van der Waals surface area contributed by atoms with Gasteiger partial charge in [-0.3, -0.25) is 15.0 Å². The molecular formula is C20H22N4. The fourth-order valence-electron chi connectivity index (χ4n) is 4.26. The molecule has 5 rings (SSSR count). The molecule has 0 aromatic carbocycles. The molecule has 2 aliphatic heterocycles. The van der Waals surface area contributed by atoms with Gasteiger partial charge in [0.05, 0.1) is 33.9 Å². The number of rotatable bonds is 2. The van der Waals surface area contributed by atoms with E-state index in [1.165, 1.54) is 41.2 Å². The van der Waals surface area contributed by atoms with E-state index in [1.54, 1.807) is 0 Å². The molecule has 4 heteroatoms. The number of fused-ring (bicyclic) bond motifs is 2. The van der Waals surface area contributed by atoms with Crippen LogP contribution < -0.4 is 5.32 Å². The van der Waals surface area contributed by atoms with Gasteiger partial charge in [0.25, 0.3) is 0 Å². The Morgan fingerprint density at radius 1 is 1.12 bits per heavy atom. The van der Waals surface area contributed by atoms with E-state index in [1.807, 2.05) is 6.20 Å². The lowest BCUT2D eigenvalue weighted by Gasteiger charge is -2.42. The van der Waals surface area contributed by atoms with Crippen molar-refractivity contribution < 1.29 is 0 Å². The van der Waals surface area contributed by atoms with Crippen LogP contribution in [0, 0.1) is 6.92 Å². The first-order valence-corrected chi connectivity index (χ1v) is 9.02. The minimum Gasteiger partial charge on any atom is -0.384 e. The van der Waals surface area contributed by atoms with Crippen LogP contribution in [0.4, 0.5) is 11.4 Å². The average Bonchev–Trinajstić information content (AvgIpc) is 2.96. The summed E-state index contributed by atoms with van der Waals surface area (Å²) in [5.41, 5.74) is 8.36. The third kappa shape index (κ3) is 2.02. The van der Waals surface area contributed by atoms with Gasteiger partial charge in [-0.2, -0.15) is 0 Å². The van der Waals surface area contributed by atoms with Crippen molar-refractivity contribution in [3.05, 3.63) is 47.0 Å². The maximum atomic E-state index is 5.07. The predicted octanol–water partition coefficient (Wildman–Crippen LogP) is 3.89. The summed E-state index contributed by atoms with van der Waals surface area (Å²) in [6, 6.07) is 6.61. The van der Waals surface area contributed by atoms with E-state index in [9.17, 15) is 0 Å². The summed E-state index contributed by atoms with van der Waals surface area (Å²) >= 11 is 0. The number of nitrogens with zero attached hydrogens (tertiary/aromatic N) is 3. The average molecular weight is 318 g/mol. The van der Waals surface area contributed by atoms with Gasteiger partial charge in [0.1, 0.15) is 0 Å². The molecule has 0 atom stereocenters. The summed E-state index contributed by atoms with van der Waals surface area (Å²) in [7, 11) is 0. The van der Waals surface area contributed by atoms with E-state index in [0.717, 1.165) is 43.6 Å². The van der Waals surface area contributed by atoms with Gasteiger partial charge in [0, 0.05) is 24.9 Å². The van der Waals surface area contributed by atoms with Crippen LogP contribution in [0.3, 0.4) is 0 Å². The fraction of sp³-hybridized carbons (Fsp3) is 0.450. The van der Waals surface area contributed by atoms with Crippen LogP contribution in [0.15, 0.2) is 29.4 Å². The van der Waals surface area contributed by atoms with Gasteiger partial charge in [-0.25, -0.2) is 0 Å². The summed E-state index contributed by atoms with van der Waals surface area (Å²) in [5.74, 6) is 0. The standard InChI is InChI=1S/C20H22N4/c1-13-10-17-16(22-12-13)11-19(24-17)20(7-3-8-20)18-6-5-14-15(23-18)4-2-9-21-14/h5-6,10,12,21H,2-4,7-9,11H2,1H3. The molecule has 1 fully saturated rings. The van der Waals surface area contributed by atoms with E-state index in [4.69, 9.17) is 9.98 Å². The molecule has 1 aliphatic carbocycles. The second kappa shape index (κ2) is 5.13. The molecule has 0 unspecified atom stereocenters. The van der Waals surface area contributed by atoms with Crippen molar-refractivity contribution in [3.8, 4) is 0 Å². The minimum absolute atomic E-state index is 0.0427. The van der Waals surface area contributed by atoms with E-state index < -0.39 is 0 Å². The Morgan fingerprint density at radius 2 is 2.04 bits per heavy atom. The Hall–Kier alpha value is -2.23. The number of aromatic nitrogens is 2. The fourth-order valence-corrected chi connectivity index (χ4v) is 4.26. The van der Waals surface area contributed by atoms with Gasteiger partial charge in [-0.1, -0.05) is 6.42 Å². The van der Waals surface area contributed by atoms with Crippen LogP contribution in [0.2, 0.25) is 0 Å². The zero-order chi connectivity index (χ0) is 16.1. The van der Waals surface area contributed by atoms with Crippen molar-refractivity contribution in [2.24, 2.45) is 4.99 Å². The van der Waals surface area contributed by atoms with Crippen LogP contribution >= 0.6 is 0 Å². The van der Waals surface area contributed by atoms with Crippen LogP contribution in [0.5, 0.6) is 0 Å². The van der Waals surface area contributed by atoms with Crippen LogP contribution in [0.1, 0.15) is 48.3 Å². The summed E-state index contributed by atoms with van der Waals surface area (Å²) in [5, 5.41) is 3.46. The Bertz CT molecular complexity index is 849. The van der Waals surface area contributed by atoms with E-state index in [2.05, 4.69) is 35.4 Å². The molecule has 2 aromatic heterocycles. The number of hydrogen-bond donors (Lipinski definition) is 1. The maximum Gasteiger partial charge on any atom is 0.0851 e. The first-order valence-electron chi connectivity index (χ1n) is 9.02. The second-order valence-corrected chi connectivity index (χ2v) is 7.37. The monoisotopic (exact) mass is 318 g/mol. The highest BCUT2D eigenvalue weighted by Crippen LogP contribution is 2.48. The number of aliphatic imine (C=N–C) groups is 1. The Labute approximate surface area is 142 Å². The molecule has 0 radical (unpaired) electrons. The van der Waals surface area contributed by atoms with Crippen molar-refractivity contribution in [3.63, 3.8) is 0 Å². The van der Waals surface area contributed by atoms with Gasteiger partial charge in [0.2, 0.25) is 0 Å². The first kappa shape index (κ1) is 14.1. The largest absolute Gasteiger partial charge is 0.384 e. The third-order valence-corrected chi connectivity index (χ3v) is 5.80. The van der Waals surface area contributed by atoms with E-state index >= 15 is 0 Å². The van der Waals surface area contributed by atoms with Crippen molar-refractivity contribution in [2.75, 3.05) is 11.9 Å². The number of aryl methyl sites for hydroxylation is 2. The minimum atomic E-state index is 0.0427. The summed E-state index contributed by atoms with van der Waals surface area (Å²) in [6.07, 6.45) is 8.68. The molecule has 2 aromatic rings. The molecule has 4 nitrogen and oxygen atoms in total. The van der Waals surface area contributed by atoms with E-state index in [0.29, 0.717) is 0 Å². The van der Waals surface area contributed by atoms with Crippen LogP contribution in [-0.4, -0.2) is 22.2 Å². The number of hydrogen-bond acceptors (Lipinski definition) is 4. The predicted molar refractivity (Wildman–Crippen MR) is 96.3 cm³/mol. The van der Waals surface area contributed by atoms with Crippen molar-refractivity contribution in [1.29, 1.82) is 0 Å². The normalized spacial score (nSPS) is 20.5. The van der Waals surface area contributed by atoms with Gasteiger partial charge in [0.15, 0.2) is 0 Å². The van der Waals surface area contributed by atoms with Crippen LogP contribution in [0.25, 0.3) is 0 Å². The molecule has 3 aliphatic rings. The van der Waals surface area contributed by atoms with E-state index in [-0.39, 0.29) is 5.41 Å². The van der Waals surface area contributed by atoms with Gasteiger partial charge >= 0.3 is 0 Å². The number of nitrogens with one attached hydrogen (secondary N) is 1. The van der Waals surface area contributed by atoms with Crippen molar-refractivity contribution >= 4 is 17.1 Å². The SMILES string of the molecule is Cc1cnc2c(c1)N=C(C1(c3ccc4c(n3)CCCN4)CCC1)C2. The van der Waals surface area contributed by atoms with Gasteiger partial charge in [-0.15, -0.1) is 0 Å². The van der Waals surface area contributed by atoms with Crippen molar-refractivity contribution in [2.45, 2.75) is 50.9 Å². The summed E-state index contributed by atoms with van der Waals surface area (Å²) in [6.45, 7) is 3.14. The molecule has 0 bridgehead atoms. The lowest BCUT2D eigenvalue weighted by atomic mass is 9.62. The highest BCUT2D eigenvalue weighted by Gasteiger charge is 2.46.